The summed E-state index contributed by atoms with van der Waals surface area (Å²) in [6.45, 7) is 2.73. The van der Waals surface area contributed by atoms with E-state index in [4.69, 9.17) is 21.6 Å². The van der Waals surface area contributed by atoms with Gasteiger partial charge in [-0.25, -0.2) is 9.97 Å². The molecule has 0 amide bonds. The first-order valence-electron chi connectivity index (χ1n) is 8.96. The average Bonchev–Trinajstić information content (AvgIpc) is 3.23. The molecule has 2 aromatic carbocycles. The Labute approximate surface area is 158 Å². The predicted molar refractivity (Wildman–Crippen MR) is 108 cm³/mol. The second-order valence-corrected chi connectivity index (χ2v) is 6.85. The van der Waals surface area contributed by atoms with Crippen LogP contribution in [0.4, 0.5) is 11.6 Å². The van der Waals surface area contributed by atoms with E-state index in [0.29, 0.717) is 6.54 Å². The second-order valence-electron chi connectivity index (χ2n) is 6.44. The number of nitrogens with zero attached hydrogens (tertiary/aromatic N) is 3. The molecule has 1 aromatic heterocycles. The molecule has 132 valence electrons. The number of hydrogen-bond acceptors (Lipinski definition) is 4. The lowest BCUT2D eigenvalue weighted by Gasteiger charge is -2.18. The molecule has 1 fully saturated rings. The molecule has 5 heteroatoms. The first-order valence-corrected chi connectivity index (χ1v) is 9.34. The van der Waals surface area contributed by atoms with Crippen LogP contribution in [-0.2, 0) is 6.54 Å². The molecular weight excluding hydrogens is 344 g/mol. The fraction of sp³-hybridized carbons (Fsp3) is 0.238. The number of aromatic nitrogens is 2. The summed E-state index contributed by atoms with van der Waals surface area (Å²) < 4.78 is 0. The number of nitrogens with one attached hydrogen (secondary N) is 1. The fourth-order valence-corrected chi connectivity index (χ4v) is 3.38. The highest BCUT2D eigenvalue weighted by Gasteiger charge is 2.16. The Balaban J connectivity index is 1.64. The molecule has 1 N–H and O–H groups in total. The highest BCUT2D eigenvalue weighted by atomic mass is 35.5. The lowest BCUT2D eigenvalue weighted by molar-refractivity contribution is 0.928. The van der Waals surface area contributed by atoms with Crippen molar-refractivity contribution < 1.29 is 0 Å². The van der Waals surface area contributed by atoms with Gasteiger partial charge in [0.05, 0.1) is 0 Å². The average molecular weight is 365 g/mol. The minimum atomic E-state index is 0.629. The summed E-state index contributed by atoms with van der Waals surface area (Å²) in [4.78, 5) is 11.9. The van der Waals surface area contributed by atoms with Crippen LogP contribution in [0.2, 0.25) is 5.02 Å². The number of halogens is 1. The maximum Gasteiger partial charge on any atom is 0.163 e. The molecule has 26 heavy (non-hydrogen) atoms. The van der Waals surface area contributed by atoms with E-state index in [-0.39, 0.29) is 0 Å². The summed E-state index contributed by atoms with van der Waals surface area (Å²) in [7, 11) is 0. The number of rotatable bonds is 5. The van der Waals surface area contributed by atoms with Crippen LogP contribution < -0.4 is 10.2 Å². The summed E-state index contributed by atoms with van der Waals surface area (Å²) in [6.07, 6.45) is 2.43. The molecule has 0 atom stereocenters. The van der Waals surface area contributed by atoms with Crippen LogP contribution in [-0.4, -0.2) is 23.1 Å². The van der Waals surface area contributed by atoms with Crippen LogP contribution in [0.15, 0.2) is 60.7 Å². The monoisotopic (exact) mass is 364 g/mol. The van der Waals surface area contributed by atoms with E-state index in [0.717, 1.165) is 46.7 Å². The zero-order valence-corrected chi connectivity index (χ0v) is 15.3. The highest BCUT2D eigenvalue weighted by Crippen LogP contribution is 2.25. The predicted octanol–water partition coefficient (Wildman–Crippen LogP) is 5.01. The van der Waals surface area contributed by atoms with Gasteiger partial charge in [-0.15, -0.1) is 0 Å². The minimum Gasteiger partial charge on any atom is -0.366 e. The van der Waals surface area contributed by atoms with Crippen LogP contribution in [0.1, 0.15) is 18.4 Å². The van der Waals surface area contributed by atoms with Crippen molar-refractivity contribution in [2.45, 2.75) is 19.4 Å². The molecule has 0 unspecified atom stereocenters. The van der Waals surface area contributed by atoms with Gasteiger partial charge in [0, 0.05) is 36.3 Å². The largest absolute Gasteiger partial charge is 0.366 e. The van der Waals surface area contributed by atoms with Gasteiger partial charge in [0.2, 0.25) is 0 Å². The van der Waals surface area contributed by atoms with E-state index < -0.39 is 0 Å². The Bertz CT molecular complexity index is 876. The molecule has 4 nitrogen and oxygen atoms in total. The zero-order valence-electron chi connectivity index (χ0n) is 14.5. The van der Waals surface area contributed by atoms with Crippen molar-refractivity contribution in [1.29, 1.82) is 0 Å². The van der Waals surface area contributed by atoms with Crippen molar-refractivity contribution in [1.82, 2.24) is 9.97 Å². The lowest BCUT2D eigenvalue weighted by Crippen LogP contribution is -2.20. The Kier molecular flexibility index (Phi) is 5.02. The maximum absolute atomic E-state index is 6.27. The molecule has 3 aromatic rings. The van der Waals surface area contributed by atoms with Crippen LogP contribution >= 0.6 is 11.6 Å². The van der Waals surface area contributed by atoms with Gasteiger partial charge in [0.15, 0.2) is 5.82 Å². The first kappa shape index (κ1) is 16.9. The summed E-state index contributed by atoms with van der Waals surface area (Å²) in [5, 5.41) is 4.17. The highest BCUT2D eigenvalue weighted by molar-refractivity contribution is 6.31. The van der Waals surface area contributed by atoms with Gasteiger partial charge in [-0.2, -0.15) is 0 Å². The van der Waals surface area contributed by atoms with Crippen molar-refractivity contribution in [2.75, 3.05) is 23.3 Å². The molecule has 0 aliphatic carbocycles. The third kappa shape index (κ3) is 3.81. The Hall–Kier alpha value is -2.59. The Morgan fingerprint density at radius 1 is 0.923 bits per heavy atom. The van der Waals surface area contributed by atoms with E-state index in [9.17, 15) is 0 Å². The molecular formula is C21H21ClN4. The fourth-order valence-electron chi connectivity index (χ4n) is 3.18. The van der Waals surface area contributed by atoms with Gasteiger partial charge in [-0.3, -0.25) is 0 Å². The number of anilines is 2. The van der Waals surface area contributed by atoms with Gasteiger partial charge in [0.25, 0.3) is 0 Å². The van der Waals surface area contributed by atoms with E-state index in [1.54, 1.807) is 0 Å². The standard InChI is InChI=1S/C21H21ClN4/c22-18-11-5-4-10-17(18)15-23-19-14-20(26-12-6-7-13-26)25-21(24-19)16-8-2-1-3-9-16/h1-5,8-11,14H,6-7,12-13,15H2,(H,23,24,25). The van der Waals surface area contributed by atoms with Crippen molar-refractivity contribution >= 4 is 23.2 Å². The van der Waals surface area contributed by atoms with Gasteiger partial charge in [-0.05, 0) is 24.5 Å². The number of benzene rings is 2. The topological polar surface area (TPSA) is 41.0 Å². The Morgan fingerprint density at radius 2 is 1.65 bits per heavy atom. The lowest BCUT2D eigenvalue weighted by atomic mass is 10.2. The van der Waals surface area contributed by atoms with E-state index in [1.165, 1.54) is 12.8 Å². The molecule has 1 saturated heterocycles. The molecule has 0 radical (unpaired) electrons. The zero-order chi connectivity index (χ0) is 17.8. The Morgan fingerprint density at radius 3 is 2.42 bits per heavy atom. The van der Waals surface area contributed by atoms with Crippen LogP contribution in [0.3, 0.4) is 0 Å². The molecule has 0 saturated carbocycles. The third-order valence-corrected chi connectivity index (χ3v) is 4.96. The van der Waals surface area contributed by atoms with Crippen LogP contribution in [0.5, 0.6) is 0 Å². The summed E-state index contributed by atoms with van der Waals surface area (Å²) >= 11 is 6.27. The molecule has 0 spiro atoms. The third-order valence-electron chi connectivity index (χ3n) is 4.59. The number of hydrogen-bond donors (Lipinski definition) is 1. The molecule has 0 bridgehead atoms. The van der Waals surface area contributed by atoms with Crippen LogP contribution in [0.25, 0.3) is 11.4 Å². The van der Waals surface area contributed by atoms with Gasteiger partial charge in [-0.1, -0.05) is 60.1 Å². The SMILES string of the molecule is Clc1ccccc1CNc1cc(N2CCCC2)nc(-c2ccccc2)n1. The van der Waals surface area contributed by atoms with E-state index in [1.807, 2.05) is 60.7 Å². The maximum atomic E-state index is 6.27. The smallest absolute Gasteiger partial charge is 0.163 e. The first-order chi connectivity index (χ1) is 12.8. The summed E-state index contributed by atoms with van der Waals surface area (Å²) in [5.74, 6) is 2.55. The summed E-state index contributed by atoms with van der Waals surface area (Å²) in [5.41, 5.74) is 2.08. The normalized spacial score (nSPS) is 13.8. The quantitative estimate of drug-likeness (QED) is 0.691. The summed E-state index contributed by atoms with van der Waals surface area (Å²) in [6, 6.07) is 20.0. The van der Waals surface area contributed by atoms with E-state index in [2.05, 4.69) is 10.2 Å². The van der Waals surface area contributed by atoms with Gasteiger partial charge in [0.1, 0.15) is 11.6 Å². The van der Waals surface area contributed by atoms with Crippen molar-refractivity contribution in [3.05, 3.63) is 71.2 Å². The molecule has 4 rings (SSSR count). The molecule has 2 heterocycles. The molecule has 1 aliphatic heterocycles. The minimum absolute atomic E-state index is 0.629. The van der Waals surface area contributed by atoms with Crippen molar-refractivity contribution in [3.8, 4) is 11.4 Å². The van der Waals surface area contributed by atoms with E-state index >= 15 is 0 Å². The molecule has 1 aliphatic rings. The van der Waals surface area contributed by atoms with Gasteiger partial charge < -0.3 is 10.2 Å². The van der Waals surface area contributed by atoms with Crippen LogP contribution in [0, 0.1) is 0 Å². The second kappa shape index (κ2) is 7.75. The van der Waals surface area contributed by atoms with Crippen molar-refractivity contribution in [2.24, 2.45) is 0 Å². The van der Waals surface area contributed by atoms with Gasteiger partial charge >= 0.3 is 0 Å². The van der Waals surface area contributed by atoms with Crippen molar-refractivity contribution in [3.63, 3.8) is 0 Å².